The largest absolute Gasteiger partial charge is 0.350 e. The van der Waals surface area contributed by atoms with Crippen LogP contribution in [0, 0.1) is 6.92 Å². The van der Waals surface area contributed by atoms with Crippen LogP contribution in [0.25, 0.3) is 0 Å². The van der Waals surface area contributed by atoms with Crippen molar-refractivity contribution in [2.24, 2.45) is 0 Å². The molecule has 0 bridgehead atoms. The van der Waals surface area contributed by atoms with Gasteiger partial charge in [0, 0.05) is 24.9 Å². The Bertz CT molecular complexity index is 1130. The lowest BCUT2D eigenvalue weighted by Gasteiger charge is -2.34. The van der Waals surface area contributed by atoms with Gasteiger partial charge in [-0.05, 0) is 68.4 Å². The summed E-state index contributed by atoms with van der Waals surface area (Å²) in [6, 6.07) is 25.9. The molecule has 0 aliphatic rings. The molecule has 0 aliphatic carbocycles. The van der Waals surface area contributed by atoms with Gasteiger partial charge in [-0.15, -0.1) is 0 Å². The summed E-state index contributed by atoms with van der Waals surface area (Å²) >= 11 is 0. The fraction of sp³-hybridized carbons (Fsp3) is 0.375. The summed E-state index contributed by atoms with van der Waals surface area (Å²) in [5.41, 5.74) is 5.22. The van der Waals surface area contributed by atoms with Crippen LogP contribution in [-0.4, -0.2) is 28.3 Å². The van der Waals surface area contributed by atoms with Crippen LogP contribution in [0.15, 0.2) is 78.9 Å². The minimum absolute atomic E-state index is 0.0113. The number of carbonyl (C=O) groups is 2. The van der Waals surface area contributed by atoms with E-state index >= 15 is 0 Å². The summed E-state index contributed by atoms with van der Waals surface area (Å²) in [6.07, 6.45) is 2.45. The van der Waals surface area contributed by atoms with Crippen LogP contribution in [0.2, 0.25) is 0 Å². The molecular formula is C32H40N2O2. The number of nitrogens with zero attached hydrogens (tertiary/aromatic N) is 1. The number of aryl methyl sites for hydroxylation is 3. The third-order valence-corrected chi connectivity index (χ3v) is 6.43. The molecule has 1 N–H and O–H groups in total. The maximum atomic E-state index is 13.8. The van der Waals surface area contributed by atoms with E-state index in [9.17, 15) is 9.59 Å². The average molecular weight is 485 g/mol. The Morgan fingerprint density at radius 1 is 0.833 bits per heavy atom. The highest BCUT2D eigenvalue weighted by Crippen LogP contribution is 2.19. The second kappa shape index (κ2) is 12.5. The van der Waals surface area contributed by atoms with Gasteiger partial charge in [-0.25, -0.2) is 0 Å². The molecule has 4 nitrogen and oxygen atoms in total. The predicted molar refractivity (Wildman–Crippen MR) is 148 cm³/mol. The standard InChI is InChI=1S/C32H40N2O2/c1-6-25-16-18-26(19-17-25)20-21-30(35)34(23-28-15-11-10-12-24(28)2)29(31(36)33-32(3,4)5)22-27-13-8-7-9-14-27/h7-19,29H,6,20-23H2,1-5H3,(H,33,36). The van der Waals surface area contributed by atoms with E-state index in [2.05, 4.69) is 49.5 Å². The number of hydrogen-bond acceptors (Lipinski definition) is 2. The van der Waals surface area contributed by atoms with Gasteiger partial charge in [-0.2, -0.15) is 0 Å². The highest BCUT2D eigenvalue weighted by atomic mass is 16.2. The summed E-state index contributed by atoms with van der Waals surface area (Å²) in [5.74, 6) is -0.136. The third kappa shape index (κ3) is 8.08. The maximum Gasteiger partial charge on any atom is 0.243 e. The molecule has 190 valence electrons. The van der Waals surface area contributed by atoms with Crippen LogP contribution in [0.3, 0.4) is 0 Å². The van der Waals surface area contributed by atoms with Crippen molar-refractivity contribution in [1.29, 1.82) is 0 Å². The molecule has 0 fully saturated rings. The Labute approximate surface area is 216 Å². The van der Waals surface area contributed by atoms with E-state index in [1.165, 1.54) is 5.56 Å². The minimum atomic E-state index is -0.610. The number of rotatable bonds is 10. The molecule has 0 aliphatic heterocycles. The van der Waals surface area contributed by atoms with Gasteiger partial charge in [0.15, 0.2) is 0 Å². The summed E-state index contributed by atoms with van der Waals surface area (Å²) in [7, 11) is 0. The summed E-state index contributed by atoms with van der Waals surface area (Å²) in [6.45, 7) is 10.5. The van der Waals surface area contributed by atoms with Gasteiger partial charge >= 0.3 is 0 Å². The third-order valence-electron chi connectivity index (χ3n) is 6.43. The van der Waals surface area contributed by atoms with Crippen molar-refractivity contribution < 1.29 is 9.59 Å². The van der Waals surface area contributed by atoms with E-state index < -0.39 is 11.6 Å². The molecule has 36 heavy (non-hydrogen) atoms. The Balaban J connectivity index is 1.92. The van der Waals surface area contributed by atoms with Crippen LogP contribution < -0.4 is 5.32 Å². The van der Waals surface area contributed by atoms with Crippen molar-refractivity contribution in [3.8, 4) is 0 Å². The van der Waals surface area contributed by atoms with Gasteiger partial charge in [0.25, 0.3) is 0 Å². The monoisotopic (exact) mass is 484 g/mol. The van der Waals surface area contributed by atoms with E-state index in [0.29, 0.717) is 25.8 Å². The molecule has 0 saturated heterocycles. The average Bonchev–Trinajstić information content (AvgIpc) is 2.85. The first-order valence-electron chi connectivity index (χ1n) is 12.9. The lowest BCUT2D eigenvalue weighted by molar-refractivity contribution is -0.141. The van der Waals surface area contributed by atoms with Gasteiger partial charge in [0.2, 0.25) is 11.8 Å². The second-order valence-electron chi connectivity index (χ2n) is 10.6. The molecule has 0 radical (unpaired) electrons. The molecule has 1 atom stereocenters. The van der Waals surface area contributed by atoms with E-state index in [-0.39, 0.29) is 11.8 Å². The highest BCUT2D eigenvalue weighted by molar-refractivity contribution is 5.88. The molecule has 3 aromatic carbocycles. The van der Waals surface area contributed by atoms with Crippen molar-refractivity contribution >= 4 is 11.8 Å². The van der Waals surface area contributed by atoms with Gasteiger partial charge in [0.05, 0.1) is 0 Å². The molecule has 0 saturated carbocycles. The Kier molecular flexibility index (Phi) is 9.46. The SMILES string of the molecule is CCc1ccc(CCC(=O)N(Cc2ccccc2C)C(Cc2ccccc2)C(=O)NC(C)(C)C)cc1. The molecule has 4 heteroatoms. The molecule has 0 aromatic heterocycles. The molecule has 3 aromatic rings. The van der Waals surface area contributed by atoms with Gasteiger partial charge in [-0.1, -0.05) is 85.8 Å². The van der Waals surface area contributed by atoms with Gasteiger partial charge in [-0.3, -0.25) is 9.59 Å². The molecule has 3 rings (SSSR count). The Morgan fingerprint density at radius 3 is 2.06 bits per heavy atom. The lowest BCUT2D eigenvalue weighted by Crippen LogP contribution is -2.54. The van der Waals surface area contributed by atoms with Gasteiger partial charge < -0.3 is 10.2 Å². The van der Waals surface area contributed by atoms with Crippen molar-refractivity contribution in [2.75, 3.05) is 0 Å². The Morgan fingerprint density at radius 2 is 1.44 bits per heavy atom. The van der Waals surface area contributed by atoms with Crippen LogP contribution in [0.1, 0.15) is 61.9 Å². The molecule has 1 unspecified atom stereocenters. The molecular weight excluding hydrogens is 444 g/mol. The van der Waals surface area contributed by atoms with E-state index in [0.717, 1.165) is 28.7 Å². The molecule has 2 amide bonds. The number of nitrogens with one attached hydrogen (secondary N) is 1. The molecule has 0 spiro atoms. The topological polar surface area (TPSA) is 49.4 Å². The zero-order valence-corrected chi connectivity index (χ0v) is 22.4. The smallest absolute Gasteiger partial charge is 0.243 e. The number of carbonyl (C=O) groups excluding carboxylic acids is 2. The summed E-state index contributed by atoms with van der Waals surface area (Å²) in [5, 5.41) is 3.13. The first-order valence-corrected chi connectivity index (χ1v) is 12.9. The normalized spacial score (nSPS) is 12.1. The number of hydrogen-bond donors (Lipinski definition) is 1. The fourth-order valence-electron chi connectivity index (χ4n) is 4.31. The van der Waals surface area contributed by atoms with Gasteiger partial charge in [0.1, 0.15) is 6.04 Å². The maximum absolute atomic E-state index is 13.8. The minimum Gasteiger partial charge on any atom is -0.350 e. The fourth-order valence-corrected chi connectivity index (χ4v) is 4.31. The van der Waals surface area contributed by atoms with Crippen LogP contribution in [-0.2, 0) is 35.4 Å². The molecule has 0 heterocycles. The second-order valence-corrected chi connectivity index (χ2v) is 10.6. The van der Waals surface area contributed by atoms with E-state index in [1.54, 1.807) is 4.90 Å². The Hall–Kier alpha value is -3.40. The van der Waals surface area contributed by atoms with Crippen molar-refractivity contribution in [2.45, 2.75) is 78.4 Å². The summed E-state index contributed by atoms with van der Waals surface area (Å²) < 4.78 is 0. The van der Waals surface area contributed by atoms with Crippen LogP contribution in [0.4, 0.5) is 0 Å². The van der Waals surface area contributed by atoms with Crippen LogP contribution >= 0.6 is 0 Å². The van der Waals surface area contributed by atoms with Crippen molar-refractivity contribution in [1.82, 2.24) is 10.2 Å². The first-order chi connectivity index (χ1) is 17.2. The quantitative estimate of drug-likeness (QED) is 0.381. The van der Waals surface area contributed by atoms with Crippen molar-refractivity contribution in [3.05, 3.63) is 107 Å². The zero-order chi connectivity index (χ0) is 26.1. The van der Waals surface area contributed by atoms with E-state index in [4.69, 9.17) is 0 Å². The lowest BCUT2D eigenvalue weighted by atomic mass is 9.99. The zero-order valence-electron chi connectivity index (χ0n) is 22.4. The summed E-state index contributed by atoms with van der Waals surface area (Å²) in [4.78, 5) is 29.2. The number of benzene rings is 3. The number of amides is 2. The first kappa shape index (κ1) is 27.2. The van der Waals surface area contributed by atoms with E-state index in [1.807, 2.05) is 69.3 Å². The van der Waals surface area contributed by atoms with Crippen molar-refractivity contribution in [3.63, 3.8) is 0 Å². The van der Waals surface area contributed by atoms with Crippen LogP contribution in [0.5, 0.6) is 0 Å². The predicted octanol–water partition coefficient (Wildman–Crippen LogP) is 6.04. The highest BCUT2D eigenvalue weighted by Gasteiger charge is 2.32.